The average Bonchev–Trinajstić information content (AvgIpc) is 2.32. The Bertz CT molecular complexity index is 283. The van der Waals surface area contributed by atoms with Gasteiger partial charge in [-0.25, -0.2) is 0 Å². The SMILES string of the molecule is Nc1ccc2c(c1)CC[C]2O. The van der Waals surface area contributed by atoms with Crippen LogP contribution in [0.4, 0.5) is 5.69 Å². The lowest BCUT2D eigenvalue weighted by Crippen LogP contribution is -1.92. The average molecular weight is 148 g/mol. The fourth-order valence-corrected chi connectivity index (χ4v) is 1.49. The Hall–Kier alpha value is -1.02. The first-order valence-electron chi connectivity index (χ1n) is 3.71. The van der Waals surface area contributed by atoms with Gasteiger partial charge in [0.05, 0.1) is 0 Å². The highest BCUT2D eigenvalue weighted by molar-refractivity contribution is 5.50. The van der Waals surface area contributed by atoms with Crippen molar-refractivity contribution >= 4 is 5.69 Å². The molecule has 0 unspecified atom stereocenters. The van der Waals surface area contributed by atoms with E-state index in [1.807, 2.05) is 18.2 Å². The van der Waals surface area contributed by atoms with Crippen LogP contribution in [-0.2, 0) is 6.42 Å². The second-order valence-electron chi connectivity index (χ2n) is 2.86. The Labute approximate surface area is 65.7 Å². The molecule has 0 fully saturated rings. The van der Waals surface area contributed by atoms with Crippen molar-refractivity contribution in [3.8, 4) is 0 Å². The second-order valence-corrected chi connectivity index (χ2v) is 2.86. The summed E-state index contributed by atoms with van der Waals surface area (Å²) in [5, 5.41) is 9.35. The summed E-state index contributed by atoms with van der Waals surface area (Å²) in [6.45, 7) is 0. The quantitative estimate of drug-likeness (QED) is 0.547. The van der Waals surface area contributed by atoms with Crippen LogP contribution in [0.1, 0.15) is 17.5 Å². The van der Waals surface area contributed by atoms with E-state index < -0.39 is 0 Å². The number of hydrogen-bond acceptors (Lipinski definition) is 2. The number of hydrogen-bond donors (Lipinski definition) is 2. The predicted molar refractivity (Wildman–Crippen MR) is 43.5 cm³/mol. The summed E-state index contributed by atoms with van der Waals surface area (Å²) in [6.07, 6.45) is 2.19. The summed E-state index contributed by atoms with van der Waals surface area (Å²) >= 11 is 0. The molecule has 0 amide bonds. The van der Waals surface area contributed by atoms with E-state index in [0.29, 0.717) is 6.10 Å². The first-order valence-corrected chi connectivity index (χ1v) is 3.71. The third-order valence-electron chi connectivity index (χ3n) is 2.07. The van der Waals surface area contributed by atoms with E-state index in [0.717, 1.165) is 24.1 Å². The van der Waals surface area contributed by atoms with Crippen molar-refractivity contribution < 1.29 is 5.11 Å². The van der Waals surface area contributed by atoms with Crippen molar-refractivity contribution in [2.45, 2.75) is 12.8 Å². The Morgan fingerprint density at radius 3 is 2.91 bits per heavy atom. The van der Waals surface area contributed by atoms with Gasteiger partial charge in [-0.2, -0.15) is 0 Å². The van der Waals surface area contributed by atoms with Crippen molar-refractivity contribution in [1.29, 1.82) is 0 Å². The Kier molecular flexibility index (Phi) is 1.36. The molecule has 0 bridgehead atoms. The third-order valence-corrected chi connectivity index (χ3v) is 2.07. The smallest absolute Gasteiger partial charge is 0.123 e. The van der Waals surface area contributed by atoms with Crippen LogP contribution in [0.25, 0.3) is 0 Å². The van der Waals surface area contributed by atoms with Gasteiger partial charge in [-0.15, -0.1) is 0 Å². The molecule has 1 aliphatic rings. The molecule has 1 radical (unpaired) electrons. The van der Waals surface area contributed by atoms with E-state index in [4.69, 9.17) is 5.73 Å². The standard InChI is InChI=1S/C9H10NO/c10-7-2-3-8-6(5-7)1-4-9(8)11/h2-3,5,11H,1,4,10H2. The van der Waals surface area contributed by atoms with Crippen LogP contribution in [0, 0.1) is 6.10 Å². The molecule has 11 heavy (non-hydrogen) atoms. The molecule has 0 atom stereocenters. The molecule has 3 N–H and O–H groups in total. The molecule has 1 aromatic rings. The lowest BCUT2D eigenvalue weighted by Gasteiger charge is -2.01. The summed E-state index contributed by atoms with van der Waals surface area (Å²) in [6, 6.07) is 5.63. The second kappa shape index (κ2) is 2.24. The van der Waals surface area contributed by atoms with Gasteiger partial charge in [-0.05, 0) is 36.1 Å². The lowest BCUT2D eigenvalue weighted by molar-refractivity contribution is 0.324. The molecular weight excluding hydrogens is 138 g/mol. The predicted octanol–water partition coefficient (Wildman–Crippen LogP) is 1.47. The van der Waals surface area contributed by atoms with Gasteiger partial charge in [0.2, 0.25) is 0 Å². The van der Waals surface area contributed by atoms with E-state index in [-0.39, 0.29) is 0 Å². The minimum absolute atomic E-state index is 0.500. The number of nitrogens with two attached hydrogens (primary N) is 1. The van der Waals surface area contributed by atoms with Crippen molar-refractivity contribution in [1.82, 2.24) is 0 Å². The number of anilines is 1. The highest BCUT2D eigenvalue weighted by atomic mass is 16.3. The van der Waals surface area contributed by atoms with Gasteiger partial charge in [0.1, 0.15) is 6.10 Å². The fraction of sp³-hybridized carbons (Fsp3) is 0.222. The monoisotopic (exact) mass is 148 g/mol. The van der Waals surface area contributed by atoms with Gasteiger partial charge in [-0.3, -0.25) is 0 Å². The zero-order valence-corrected chi connectivity index (χ0v) is 6.17. The number of aryl methyl sites for hydroxylation is 1. The van der Waals surface area contributed by atoms with Crippen LogP contribution in [0.5, 0.6) is 0 Å². The van der Waals surface area contributed by atoms with Crippen molar-refractivity contribution in [3.63, 3.8) is 0 Å². The number of benzene rings is 1. The molecule has 2 heteroatoms. The summed E-state index contributed by atoms with van der Waals surface area (Å²) in [5.41, 5.74) is 8.50. The Balaban J connectivity index is 2.50. The zero-order chi connectivity index (χ0) is 7.84. The van der Waals surface area contributed by atoms with Crippen molar-refractivity contribution in [2.24, 2.45) is 0 Å². The van der Waals surface area contributed by atoms with Gasteiger partial charge < -0.3 is 10.8 Å². The number of aliphatic hydroxyl groups excluding tert-OH is 1. The van der Waals surface area contributed by atoms with Crippen molar-refractivity contribution in [2.75, 3.05) is 5.73 Å². The van der Waals surface area contributed by atoms with Crippen LogP contribution in [-0.4, -0.2) is 5.11 Å². The van der Waals surface area contributed by atoms with E-state index in [1.165, 1.54) is 5.56 Å². The van der Waals surface area contributed by atoms with Crippen LogP contribution < -0.4 is 5.73 Å². The van der Waals surface area contributed by atoms with Crippen LogP contribution in [0.2, 0.25) is 0 Å². The fourth-order valence-electron chi connectivity index (χ4n) is 1.49. The molecule has 0 aromatic heterocycles. The number of aliphatic hydroxyl groups is 1. The molecule has 1 aliphatic carbocycles. The normalized spacial score (nSPS) is 16.8. The van der Waals surface area contributed by atoms with E-state index >= 15 is 0 Å². The van der Waals surface area contributed by atoms with Crippen LogP contribution in [0.15, 0.2) is 18.2 Å². The summed E-state index contributed by atoms with van der Waals surface area (Å²) in [4.78, 5) is 0. The van der Waals surface area contributed by atoms with Gasteiger partial charge in [0.15, 0.2) is 0 Å². The minimum atomic E-state index is 0.500. The van der Waals surface area contributed by atoms with Crippen LogP contribution in [0.3, 0.4) is 0 Å². The highest BCUT2D eigenvalue weighted by Crippen LogP contribution is 2.30. The van der Waals surface area contributed by atoms with Gasteiger partial charge in [-0.1, -0.05) is 6.07 Å². The number of fused-ring (bicyclic) bond motifs is 1. The topological polar surface area (TPSA) is 46.2 Å². The molecule has 0 heterocycles. The highest BCUT2D eigenvalue weighted by Gasteiger charge is 2.20. The molecule has 2 rings (SSSR count). The van der Waals surface area contributed by atoms with Gasteiger partial charge in [0.25, 0.3) is 0 Å². The Morgan fingerprint density at radius 2 is 2.09 bits per heavy atom. The molecule has 0 aliphatic heterocycles. The molecule has 2 nitrogen and oxygen atoms in total. The molecule has 57 valence electrons. The molecular formula is C9H10NO. The van der Waals surface area contributed by atoms with E-state index in [1.54, 1.807) is 0 Å². The molecule has 0 saturated heterocycles. The summed E-state index contributed by atoms with van der Waals surface area (Å²) < 4.78 is 0. The largest absolute Gasteiger partial charge is 0.399 e. The maximum absolute atomic E-state index is 9.35. The van der Waals surface area contributed by atoms with Crippen LogP contribution >= 0.6 is 0 Å². The maximum atomic E-state index is 9.35. The third kappa shape index (κ3) is 0.994. The zero-order valence-electron chi connectivity index (χ0n) is 6.17. The maximum Gasteiger partial charge on any atom is 0.123 e. The number of rotatable bonds is 0. The summed E-state index contributed by atoms with van der Waals surface area (Å²) in [5.74, 6) is 0. The molecule has 0 spiro atoms. The lowest BCUT2D eigenvalue weighted by atomic mass is 10.1. The van der Waals surface area contributed by atoms with Gasteiger partial charge in [0, 0.05) is 5.69 Å². The summed E-state index contributed by atoms with van der Waals surface area (Å²) in [7, 11) is 0. The van der Waals surface area contributed by atoms with E-state index in [9.17, 15) is 5.11 Å². The molecule has 0 saturated carbocycles. The van der Waals surface area contributed by atoms with Crippen molar-refractivity contribution in [3.05, 3.63) is 35.4 Å². The first kappa shape index (κ1) is 6.68. The Morgan fingerprint density at radius 1 is 1.27 bits per heavy atom. The van der Waals surface area contributed by atoms with Gasteiger partial charge >= 0.3 is 0 Å². The minimum Gasteiger partial charge on any atom is -0.399 e. The molecule has 1 aromatic carbocycles. The van der Waals surface area contributed by atoms with E-state index in [2.05, 4.69) is 0 Å². The first-order chi connectivity index (χ1) is 5.27. The number of nitrogen functional groups attached to an aromatic ring is 1.